The summed E-state index contributed by atoms with van der Waals surface area (Å²) in [6, 6.07) is 36.6. The standard InChI is InChI=1S/C32H21N3S/c1-2-11-25-22(8-1)16-17-30-32(25)35(28-14-3-4-15-29(28)36-30)31-26(23-9-6-18-33-20-23)12-5-13-27(31)24-10-7-19-34-21-24/h1-21H. The monoisotopic (exact) mass is 479 g/mol. The van der Waals surface area contributed by atoms with Gasteiger partial charge in [-0.3, -0.25) is 9.97 Å². The van der Waals surface area contributed by atoms with Crippen molar-refractivity contribution in [2.24, 2.45) is 0 Å². The van der Waals surface area contributed by atoms with Gasteiger partial charge in [0.05, 0.1) is 17.1 Å². The van der Waals surface area contributed by atoms with Crippen LogP contribution in [0.4, 0.5) is 17.1 Å². The molecule has 0 saturated heterocycles. The van der Waals surface area contributed by atoms with Gasteiger partial charge in [-0.25, -0.2) is 0 Å². The summed E-state index contributed by atoms with van der Waals surface area (Å²) in [6.07, 6.45) is 7.54. The molecule has 0 atom stereocenters. The van der Waals surface area contributed by atoms with Crippen molar-refractivity contribution in [3.8, 4) is 22.3 Å². The third-order valence-electron chi connectivity index (χ3n) is 6.62. The van der Waals surface area contributed by atoms with E-state index in [-0.39, 0.29) is 0 Å². The van der Waals surface area contributed by atoms with Gasteiger partial charge < -0.3 is 4.90 Å². The Hall–Kier alpha value is -4.41. The van der Waals surface area contributed by atoms with Gasteiger partial charge in [0.15, 0.2) is 0 Å². The normalized spacial score (nSPS) is 12.3. The van der Waals surface area contributed by atoms with E-state index < -0.39 is 0 Å². The van der Waals surface area contributed by atoms with Crippen LogP contribution in [0.1, 0.15) is 0 Å². The molecule has 0 saturated carbocycles. The SMILES string of the molecule is c1cncc(-c2cccc(-c3cccnc3)c2N2c3ccccc3Sc3ccc4ccccc4c32)c1. The average Bonchev–Trinajstić information content (AvgIpc) is 2.96. The quantitative estimate of drug-likeness (QED) is 0.253. The molecule has 6 aromatic rings. The minimum absolute atomic E-state index is 1.08. The predicted octanol–water partition coefficient (Wildman–Crippen LogP) is 8.90. The van der Waals surface area contributed by atoms with Crippen molar-refractivity contribution in [3.63, 3.8) is 0 Å². The maximum Gasteiger partial charge on any atom is 0.0680 e. The Labute approximate surface area is 214 Å². The Morgan fingerprint density at radius 3 is 1.94 bits per heavy atom. The maximum atomic E-state index is 4.45. The van der Waals surface area contributed by atoms with Gasteiger partial charge in [0.25, 0.3) is 0 Å². The van der Waals surface area contributed by atoms with Crippen molar-refractivity contribution in [2.75, 3.05) is 4.90 Å². The largest absolute Gasteiger partial charge is 0.306 e. The topological polar surface area (TPSA) is 29.0 Å². The molecule has 1 aliphatic heterocycles. The first-order valence-electron chi connectivity index (χ1n) is 11.9. The van der Waals surface area contributed by atoms with Crippen LogP contribution in [0.5, 0.6) is 0 Å². The predicted molar refractivity (Wildman–Crippen MR) is 149 cm³/mol. The lowest BCUT2D eigenvalue weighted by molar-refractivity contribution is 1.18. The molecule has 0 spiro atoms. The highest BCUT2D eigenvalue weighted by Gasteiger charge is 2.30. The van der Waals surface area contributed by atoms with Gasteiger partial charge >= 0.3 is 0 Å². The Bertz CT molecular complexity index is 1660. The van der Waals surface area contributed by atoms with Gasteiger partial charge in [-0.15, -0.1) is 0 Å². The molecule has 3 nitrogen and oxygen atoms in total. The van der Waals surface area contributed by atoms with E-state index in [4.69, 9.17) is 0 Å². The van der Waals surface area contributed by atoms with Crippen LogP contribution in [-0.4, -0.2) is 9.97 Å². The molecule has 7 rings (SSSR count). The van der Waals surface area contributed by atoms with E-state index in [1.807, 2.05) is 48.7 Å². The second-order valence-corrected chi connectivity index (χ2v) is 9.81. The van der Waals surface area contributed by atoms with Crippen molar-refractivity contribution >= 4 is 39.6 Å². The molecule has 0 radical (unpaired) electrons. The van der Waals surface area contributed by atoms with Crippen molar-refractivity contribution in [1.82, 2.24) is 9.97 Å². The van der Waals surface area contributed by atoms with Gasteiger partial charge in [-0.05, 0) is 35.7 Å². The third-order valence-corrected chi connectivity index (χ3v) is 7.73. The first kappa shape index (κ1) is 20.9. The number of rotatable bonds is 3. The van der Waals surface area contributed by atoms with Crippen molar-refractivity contribution < 1.29 is 0 Å². The zero-order valence-corrected chi connectivity index (χ0v) is 20.2. The fourth-order valence-electron chi connectivity index (χ4n) is 5.04. The van der Waals surface area contributed by atoms with Crippen molar-refractivity contribution in [1.29, 1.82) is 0 Å². The Balaban J connectivity index is 1.63. The Kier molecular flexibility index (Phi) is 5.04. The Morgan fingerprint density at radius 2 is 1.22 bits per heavy atom. The van der Waals surface area contributed by atoms with Crippen LogP contribution in [0.3, 0.4) is 0 Å². The van der Waals surface area contributed by atoms with Gasteiger partial charge in [-0.2, -0.15) is 0 Å². The molecule has 0 fully saturated rings. The highest BCUT2D eigenvalue weighted by molar-refractivity contribution is 7.99. The Morgan fingerprint density at radius 1 is 0.528 bits per heavy atom. The molecule has 4 aromatic carbocycles. The number of pyridine rings is 2. The lowest BCUT2D eigenvalue weighted by Gasteiger charge is -2.36. The van der Waals surface area contributed by atoms with E-state index in [2.05, 4.69) is 106 Å². The third kappa shape index (κ3) is 3.38. The first-order valence-corrected chi connectivity index (χ1v) is 12.7. The van der Waals surface area contributed by atoms with Crippen LogP contribution < -0.4 is 4.90 Å². The fraction of sp³-hybridized carbons (Fsp3) is 0. The number of aromatic nitrogens is 2. The smallest absolute Gasteiger partial charge is 0.0680 e. The molecule has 1 aliphatic rings. The molecule has 0 bridgehead atoms. The van der Waals surface area contributed by atoms with Crippen molar-refractivity contribution in [3.05, 3.63) is 128 Å². The summed E-state index contributed by atoms with van der Waals surface area (Å²) >= 11 is 1.83. The molecule has 0 aliphatic carbocycles. The van der Waals surface area contributed by atoms with Gasteiger partial charge in [0.1, 0.15) is 0 Å². The number of hydrogen-bond donors (Lipinski definition) is 0. The molecule has 170 valence electrons. The summed E-state index contributed by atoms with van der Waals surface area (Å²) in [5.74, 6) is 0. The molecule has 4 heteroatoms. The molecule has 36 heavy (non-hydrogen) atoms. The molecule has 0 amide bonds. The molecule has 0 unspecified atom stereocenters. The number of para-hydroxylation sites is 2. The second kappa shape index (κ2) is 8.67. The zero-order valence-electron chi connectivity index (χ0n) is 19.4. The van der Waals surface area contributed by atoms with Gasteiger partial charge in [0.2, 0.25) is 0 Å². The van der Waals surface area contributed by atoms with Crippen molar-refractivity contribution in [2.45, 2.75) is 9.79 Å². The summed E-state index contributed by atoms with van der Waals surface area (Å²) in [4.78, 5) is 13.8. The number of fused-ring (bicyclic) bond motifs is 4. The van der Waals surface area contributed by atoms with Crippen LogP contribution in [0, 0.1) is 0 Å². The molecule has 3 heterocycles. The van der Waals surface area contributed by atoms with Gasteiger partial charge in [-0.1, -0.05) is 84.6 Å². The number of benzene rings is 4. The number of anilines is 3. The minimum Gasteiger partial charge on any atom is -0.306 e. The number of nitrogens with zero attached hydrogens (tertiary/aromatic N) is 3. The summed E-state index contributed by atoms with van der Waals surface area (Å²) in [5, 5.41) is 2.46. The first-order chi connectivity index (χ1) is 17.9. The average molecular weight is 480 g/mol. The lowest BCUT2D eigenvalue weighted by atomic mass is 9.95. The van der Waals surface area contributed by atoms with E-state index in [9.17, 15) is 0 Å². The molecular formula is C32H21N3S. The van der Waals surface area contributed by atoms with Crippen LogP contribution in [0.15, 0.2) is 138 Å². The minimum atomic E-state index is 1.08. The summed E-state index contributed by atoms with van der Waals surface area (Å²) < 4.78 is 0. The fourth-order valence-corrected chi connectivity index (χ4v) is 6.12. The highest BCUT2D eigenvalue weighted by Crippen LogP contribution is 2.56. The van der Waals surface area contributed by atoms with Crippen LogP contribution >= 0.6 is 11.8 Å². The van der Waals surface area contributed by atoms with E-state index in [0.717, 1.165) is 27.9 Å². The van der Waals surface area contributed by atoms with Gasteiger partial charge in [0, 0.05) is 62.2 Å². The highest BCUT2D eigenvalue weighted by atomic mass is 32.2. The second-order valence-electron chi connectivity index (χ2n) is 8.72. The summed E-state index contributed by atoms with van der Waals surface area (Å²) in [7, 11) is 0. The van der Waals surface area contributed by atoms with E-state index >= 15 is 0 Å². The molecule has 0 N–H and O–H groups in total. The summed E-state index contributed by atoms with van der Waals surface area (Å²) in [6.45, 7) is 0. The number of hydrogen-bond acceptors (Lipinski definition) is 4. The van der Waals surface area contributed by atoms with E-state index in [1.54, 1.807) is 0 Å². The van der Waals surface area contributed by atoms with Crippen LogP contribution in [0.2, 0.25) is 0 Å². The maximum absolute atomic E-state index is 4.45. The van der Waals surface area contributed by atoms with E-state index in [0.29, 0.717) is 0 Å². The van der Waals surface area contributed by atoms with Crippen LogP contribution in [-0.2, 0) is 0 Å². The van der Waals surface area contributed by atoms with E-state index in [1.165, 1.54) is 31.9 Å². The zero-order chi connectivity index (χ0) is 23.9. The lowest BCUT2D eigenvalue weighted by Crippen LogP contribution is -2.17. The molecular weight excluding hydrogens is 458 g/mol. The summed E-state index contributed by atoms with van der Waals surface area (Å²) in [5.41, 5.74) is 7.93. The molecule has 2 aromatic heterocycles. The van der Waals surface area contributed by atoms with Crippen LogP contribution in [0.25, 0.3) is 33.0 Å².